The Labute approximate surface area is 127 Å². The molecule has 0 aromatic heterocycles. The van der Waals surface area contributed by atoms with Crippen molar-refractivity contribution in [1.82, 2.24) is 10.6 Å². The molecule has 0 aliphatic rings. The van der Waals surface area contributed by atoms with E-state index in [-0.39, 0.29) is 0 Å². The number of hydrogen-bond acceptors (Lipinski definition) is 3. The van der Waals surface area contributed by atoms with Crippen LogP contribution in [0.5, 0.6) is 0 Å². The van der Waals surface area contributed by atoms with Gasteiger partial charge in [-0.1, -0.05) is 24.3 Å². The van der Waals surface area contributed by atoms with Crippen molar-refractivity contribution in [2.45, 2.75) is 27.0 Å². The lowest BCUT2D eigenvalue weighted by atomic mass is 10.1. The number of nitrogens with one attached hydrogen (secondary N) is 2. The van der Waals surface area contributed by atoms with E-state index in [0.717, 1.165) is 25.7 Å². The van der Waals surface area contributed by atoms with E-state index in [4.69, 9.17) is 9.47 Å². The number of rotatable bonds is 9. The van der Waals surface area contributed by atoms with E-state index in [1.807, 2.05) is 6.92 Å². The maximum atomic E-state index is 5.39. The maximum absolute atomic E-state index is 5.39. The number of methoxy groups -OCH3 is 1. The summed E-state index contributed by atoms with van der Waals surface area (Å²) in [5, 5.41) is 6.44. The highest BCUT2D eigenvalue weighted by atomic mass is 16.5. The topological polar surface area (TPSA) is 54.9 Å². The zero-order valence-electron chi connectivity index (χ0n) is 13.3. The first-order chi connectivity index (χ1) is 10.3. The minimum Gasteiger partial charge on any atom is -0.383 e. The molecule has 0 unspecified atom stereocenters. The molecule has 0 aliphatic carbocycles. The fourth-order valence-electron chi connectivity index (χ4n) is 1.74. The van der Waals surface area contributed by atoms with Crippen LogP contribution in [0.4, 0.5) is 0 Å². The predicted molar refractivity (Wildman–Crippen MR) is 86.5 cm³/mol. The van der Waals surface area contributed by atoms with Crippen LogP contribution < -0.4 is 10.6 Å². The predicted octanol–water partition coefficient (Wildman–Crippen LogP) is 1.92. The first-order valence-electron chi connectivity index (χ1n) is 7.46. The Bertz CT molecular complexity index is 404. The van der Waals surface area contributed by atoms with Gasteiger partial charge in [-0.25, -0.2) is 4.99 Å². The molecule has 5 heteroatoms. The molecule has 0 amide bonds. The molecule has 0 heterocycles. The largest absolute Gasteiger partial charge is 0.383 e. The van der Waals surface area contributed by atoms with Crippen LogP contribution in [-0.2, 0) is 22.6 Å². The van der Waals surface area contributed by atoms with Gasteiger partial charge in [0, 0.05) is 26.8 Å². The second-order valence-corrected chi connectivity index (χ2v) is 4.57. The summed E-state index contributed by atoms with van der Waals surface area (Å²) < 4.78 is 10.4. The van der Waals surface area contributed by atoms with E-state index < -0.39 is 0 Å². The second-order valence-electron chi connectivity index (χ2n) is 4.57. The lowest BCUT2D eigenvalue weighted by Gasteiger charge is -2.10. The van der Waals surface area contributed by atoms with Crippen LogP contribution in [0.2, 0.25) is 0 Å². The lowest BCUT2D eigenvalue weighted by molar-refractivity contribution is 0.134. The molecule has 1 aromatic rings. The zero-order chi connectivity index (χ0) is 15.3. The van der Waals surface area contributed by atoms with E-state index >= 15 is 0 Å². The summed E-state index contributed by atoms with van der Waals surface area (Å²) in [7, 11) is 1.69. The van der Waals surface area contributed by atoms with E-state index in [1.165, 1.54) is 11.1 Å². The fourth-order valence-corrected chi connectivity index (χ4v) is 1.74. The summed E-state index contributed by atoms with van der Waals surface area (Å²) in [6.45, 7) is 8.36. The van der Waals surface area contributed by atoms with E-state index in [1.54, 1.807) is 7.11 Å². The molecule has 0 spiro atoms. The van der Waals surface area contributed by atoms with Crippen LogP contribution in [0.25, 0.3) is 0 Å². The number of hydrogen-bond donors (Lipinski definition) is 2. The van der Waals surface area contributed by atoms with Gasteiger partial charge in [0.15, 0.2) is 5.96 Å². The van der Waals surface area contributed by atoms with Crippen molar-refractivity contribution in [3.8, 4) is 0 Å². The van der Waals surface area contributed by atoms with Gasteiger partial charge in [0.25, 0.3) is 0 Å². The molecule has 21 heavy (non-hydrogen) atoms. The minimum atomic E-state index is 0.650. The summed E-state index contributed by atoms with van der Waals surface area (Å²) in [5.74, 6) is 0.813. The molecule has 2 N–H and O–H groups in total. The molecule has 0 fully saturated rings. The van der Waals surface area contributed by atoms with Crippen molar-refractivity contribution in [3.63, 3.8) is 0 Å². The van der Waals surface area contributed by atoms with Crippen molar-refractivity contribution >= 4 is 5.96 Å². The first kappa shape index (κ1) is 17.5. The smallest absolute Gasteiger partial charge is 0.191 e. The summed E-state index contributed by atoms with van der Waals surface area (Å²) in [6, 6.07) is 8.37. The Morgan fingerprint density at radius 3 is 2.43 bits per heavy atom. The second kappa shape index (κ2) is 11.1. The number of benzene rings is 1. The molecular formula is C16H27N3O2. The minimum absolute atomic E-state index is 0.650. The number of guanidine groups is 1. The Morgan fingerprint density at radius 2 is 1.81 bits per heavy atom. The van der Waals surface area contributed by atoms with Crippen molar-refractivity contribution in [2.24, 2.45) is 4.99 Å². The summed E-state index contributed by atoms with van der Waals surface area (Å²) in [5.41, 5.74) is 2.37. The Morgan fingerprint density at radius 1 is 1.10 bits per heavy atom. The highest BCUT2D eigenvalue weighted by Crippen LogP contribution is 2.06. The molecule has 0 radical (unpaired) electrons. The Balaban J connectivity index is 2.50. The quantitative estimate of drug-likeness (QED) is 0.415. The molecule has 0 saturated heterocycles. The standard InChI is InChI=1S/C16H27N3O2/c1-4-17-16(18-10-11-20-3)19-12-14-6-8-15(9-7-14)13-21-5-2/h6-9H,4-5,10-13H2,1-3H3,(H2,17,18,19). The van der Waals surface area contributed by atoms with Gasteiger partial charge in [-0.05, 0) is 25.0 Å². The molecule has 1 rings (SSSR count). The van der Waals surface area contributed by atoms with Crippen molar-refractivity contribution in [3.05, 3.63) is 35.4 Å². The molecule has 0 atom stereocenters. The van der Waals surface area contributed by atoms with Gasteiger partial charge < -0.3 is 20.1 Å². The Kier molecular flexibility index (Phi) is 9.24. The van der Waals surface area contributed by atoms with Gasteiger partial charge in [-0.2, -0.15) is 0 Å². The summed E-state index contributed by atoms with van der Waals surface area (Å²) >= 11 is 0. The van der Waals surface area contributed by atoms with Crippen LogP contribution in [0.15, 0.2) is 29.3 Å². The van der Waals surface area contributed by atoms with Gasteiger partial charge in [0.2, 0.25) is 0 Å². The third kappa shape index (κ3) is 7.68. The average Bonchev–Trinajstić information content (AvgIpc) is 2.52. The average molecular weight is 293 g/mol. The van der Waals surface area contributed by atoms with Crippen LogP contribution in [0, 0.1) is 0 Å². The Hall–Kier alpha value is -1.59. The fraction of sp³-hybridized carbons (Fsp3) is 0.562. The maximum Gasteiger partial charge on any atom is 0.191 e. The molecule has 0 bridgehead atoms. The molecular weight excluding hydrogens is 266 g/mol. The highest BCUT2D eigenvalue weighted by Gasteiger charge is 1.98. The van der Waals surface area contributed by atoms with Crippen molar-refractivity contribution < 1.29 is 9.47 Å². The van der Waals surface area contributed by atoms with Gasteiger partial charge in [-0.3, -0.25) is 0 Å². The van der Waals surface area contributed by atoms with Crippen LogP contribution >= 0.6 is 0 Å². The monoisotopic (exact) mass is 293 g/mol. The SMILES string of the molecule is CCNC(=NCc1ccc(COCC)cc1)NCCOC. The van der Waals surface area contributed by atoms with Crippen LogP contribution in [-0.4, -0.2) is 39.4 Å². The molecule has 118 valence electrons. The number of aliphatic imine (C=N–C) groups is 1. The van der Waals surface area contributed by atoms with Crippen molar-refractivity contribution in [2.75, 3.05) is 33.4 Å². The van der Waals surface area contributed by atoms with E-state index in [2.05, 4.69) is 46.8 Å². The highest BCUT2D eigenvalue weighted by molar-refractivity contribution is 5.79. The third-order valence-electron chi connectivity index (χ3n) is 2.86. The van der Waals surface area contributed by atoms with Gasteiger partial charge in [0.05, 0.1) is 19.8 Å². The zero-order valence-corrected chi connectivity index (χ0v) is 13.3. The van der Waals surface area contributed by atoms with Crippen LogP contribution in [0.3, 0.4) is 0 Å². The third-order valence-corrected chi connectivity index (χ3v) is 2.86. The van der Waals surface area contributed by atoms with Gasteiger partial charge >= 0.3 is 0 Å². The van der Waals surface area contributed by atoms with Crippen LogP contribution in [0.1, 0.15) is 25.0 Å². The molecule has 1 aromatic carbocycles. The molecule has 0 saturated carbocycles. The lowest BCUT2D eigenvalue weighted by Crippen LogP contribution is -2.38. The number of ether oxygens (including phenoxy) is 2. The number of nitrogens with zero attached hydrogens (tertiary/aromatic N) is 1. The van der Waals surface area contributed by atoms with Gasteiger partial charge in [-0.15, -0.1) is 0 Å². The molecule has 0 aliphatic heterocycles. The summed E-state index contributed by atoms with van der Waals surface area (Å²) in [4.78, 5) is 4.55. The van der Waals surface area contributed by atoms with Gasteiger partial charge in [0.1, 0.15) is 0 Å². The van der Waals surface area contributed by atoms with E-state index in [9.17, 15) is 0 Å². The van der Waals surface area contributed by atoms with Crippen molar-refractivity contribution in [1.29, 1.82) is 0 Å². The normalized spacial score (nSPS) is 11.5. The summed E-state index contributed by atoms with van der Waals surface area (Å²) in [6.07, 6.45) is 0. The first-order valence-corrected chi connectivity index (χ1v) is 7.46. The molecule has 5 nitrogen and oxygen atoms in total. The van der Waals surface area contributed by atoms with E-state index in [0.29, 0.717) is 19.8 Å².